The van der Waals surface area contributed by atoms with Gasteiger partial charge in [-0.1, -0.05) is 51.9 Å². The van der Waals surface area contributed by atoms with Crippen LogP contribution in [0.15, 0.2) is 0 Å². The third-order valence-electron chi connectivity index (χ3n) is 4.47. The summed E-state index contributed by atoms with van der Waals surface area (Å²) in [6.45, 7) is 8.75. The smallest absolute Gasteiger partial charge is 0.307 e. The first-order valence-electron chi connectivity index (χ1n) is 10.4. The normalized spacial score (nSPS) is 15.1. The van der Waals surface area contributed by atoms with E-state index in [0.717, 1.165) is 19.3 Å². The molecular formula is C21H41NO5. The number of amides is 1. The van der Waals surface area contributed by atoms with Crippen LogP contribution in [-0.4, -0.2) is 46.4 Å². The van der Waals surface area contributed by atoms with Crippen LogP contribution in [0.5, 0.6) is 0 Å². The second-order valence-electron chi connectivity index (χ2n) is 8.44. The molecule has 0 radical (unpaired) electrons. The van der Waals surface area contributed by atoms with E-state index in [-0.39, 0.29) is 18.9 Å². The molecule has 6 nitrogen and oxygen atoms in total. The highest BCUT2D eigenvalue weighted by Gasteiger charge is 2.27. The topological polar surface area (TPSA) is 95.9 Å². The summed E-state index contributed by atoms with van der Waals surface area (Å²) in [5, 5.41) is 21.6. The van der Waals surface area contributed by atoms with Gasteiger partial charge in [0.05, 0.1) is 25.2 Å². The van der Waals surface area contributed by atoms with Gasteiger partial charge in [-0.05, 0) is 34.1 Å². The Morgan fingerprint density at radius 3 is 2.07 bits per heavy atom. The van der Waals surface area contributed by atoms with Crippen molar-refractivity contribution < 1.29 is 24.5 Å². The van der Waals surface area contributed by atoms with E-state index in [9.17, 15) is 19.8 Å². The maximum Gasteiger partial charge on any atom is 0.307 e. The molecule has 0 aliphatic carbocycles. The molecule has 3 atom stereocenters. The molecule has 0 spiro atoms. The molecule has 0 aromatic carbocycles. The first-order chi connectivity index (χ1) is 12.6. The zero-order valence-electron chi connectivity index (χ0n) is 17.9. The molecule has 0 aliphatic rings. The van der Waals surface area contributed by atoms with Gasteiger partial charge >= 0.3 is 5.97 Å². The number of aliphatic hydroxyl groups excluding tert-OH is 2. The summed E-state index contributed by atoms with van der Waals surface area (Å²) >= 11 is 0. The molecule has 0 saturated carbocycles. The number of unbranched alkanes of at least 4 members (excludes halogenated alkanes) is 6. The molecule has 6 heteroatoms. The molecule has 0 bridgehead atoms. The van der Waals surface area contributed by atoms with Gasteiger partial charge in [-0.3, -0.25) is 9.59 Å². The second-order valence-corrected chi connectivity index (χ2v) is 8.44. The zero-order chi connectivity index (χ0) is 20.9. The predicted octanol–water partition coefficient (Wildman–Crippen LogP) is 3.33. The van der Waals surface area contributed by atoms with Gasteiger partial charge in [-0.15, -0.1) is 0 Å². The summed E-state index contributed by atoms with van der Waals surface area (Å²) in [5.74, 6) is -1.22. The Bertz CT molecular complexity index is 417. The van der Waals surface area contributed by atoms with Crippen LogP contribution in [0.1, 0.15) is 92.4 Å². The standard InChI is InChI=1S/C21H41NO5/c1-6-7-8-9-10-11-12-13-17(14-19(25)27-21(3,4)5)20(26)22-18(15-23)16(2)24/h16-18,23-24H,6-15H2,1-5H3,(H,22,26)/t16-,17-,18-/m1/s1. The second kappa shape index (κ2) is 13.9. The van der Waals surface area contributed by atoms with Gasteiger partial charge in [-0.2, -0.15) is 0 Å². The summed E-state index contributed by atoms with van der Waals surface area (Å²) in [6, 6.07) is -0.729. The minimum absolute atomic E-state index is 0.0108. The highest BCUT2D eigenvalue weighted by atomic mass is 16.6. The highest BCUT2D eigenvalue weighted by Crippen LogP contribution is 2.19. The molecule has 1 amide bonds. The number of esters is 1. The van der Waals surface area contributed by atoms with E-state index < -0.39 is 29.6 Å². The fourth-order valence-corrected chi connectivity index (χ4v) is 2.88. The van der Waals surface area contributed by atoms with Crippen LogP contribution < -0.4 is 5.32 Å². The predicted molar refractivity (Wildman–Crippen MR) is 107 cm³/mol. The van der Waals surface area contributed by atoms with Gasteiger partial charge in [0.2, 0.25) is 5.91 Å². The highest BCUT2D eigenvalue weighted by molar-refractivity contribution is 5.84. The average molecular weight is 388 g/mol. The molecule has 3 N–H and O–H groups in total. The SMILES string of the molecule is CCCCCCCCC[C@H](CC(=O)OC(C)(C)C)C(=O)N[C@H](CO)[C@@H](C)O. The number of carbonyl (C=O) groups excluding carboxylic acids is 2. The molecule has 27 heavy (non-hydrogen) atoms. The number of hydrogen-bond acceptors (Lipinski definition) is 5. The Labute approximate surface area is 165 Å². The van der Waals surface area contributed by atoms with Crippen molar-refractivity contribution >= 4 is 11.9 Å². The molecule has 160 valence electrons. The van der Waals surface area contributed by atoms with E-state index >= 15 is 0 Å². The van der Waals surface area contributed by atoms with E-state index in [2.05, 4.69) is 12.2 Å². The lowest BCUT2D eigenvalue weighted by Gasteiger charge is -2.24. The summed E-state index contributed by atoms with van der Waals surface area (Å²) in [7, 11) is 0. The van der Waals surface area contributed by atoms with Crippen LogP contribution in [-0.2, 0) is 14.3 Å². The van der Waals surface area contributed by atoms with E-state index in [0.29, 0.717) is 6.42 Å². The molecular weight excluding hydrogens is 346 g/mol. The third-order valence-corrected chi connectivity index (χ3v) is 4.47. The number of hydrogen-bond donors (Lipinski definition) is 3. The molecule has 0 rings (SSSR count). The molecule has 0 aliphatic heterocycles. The zero-order valence-corrected chi connectivity index (χ0v) is 17.9. The summed E-state index contributed by atoms with van der Waals surface area (Å²) in [6.07, 6.45) is 7.68. The molecule has 0 fully saturated rings. The van der Waals surface area contributed by atoms with E-state index in [1.807, 2.05) is 0 Å². The van der Waals surface area contributed by atoms with Gasteiger partial charge in [0, 0.05) is 5.92 Å². The van der Waals surface area contributed by atoms with Gasteiger partial charge < -0.3 is 20.3 Å². The first-order valence-corrected chi connectivity index (χ1v) is 10.4. The van der Waals surface area contributed by atoms with Gasteiger partial charge in [-0.25, -0.2) is 0 Å². The lowest BCUT2D eigenvalue weighted by atomic mass is 9.95. The van der Waals surface area contributed by atoms with Gasteiger partial charge in [0.15, 0.2) is 0 Å². The summed E-state index contributed by atoms with van der Waals surface area (Å²) < 4.78 is 5.35. The number of nitrogens with one attached hydrogen (secondary N) is 1. The Hall–Kier alpha value is -1.14. The van der Waals surface area contributed by atoms with Crippen LogP contribution >= 0.6 is 0 Å². The third kappa shape index (κ3) is 13.6. The molecule has 0 aromatic rings. The van der Waals surface area contributed by atoms with Crippen LogP contribution in [0, 0.1) is 5.92 Å². The number of aliphatic hydroxyl groups is 2. The monoisotopic (exact) mass is 387 g/mol. The molecule has 0 unspecified atom stereocenters. The van der Waals surface area contributed by atoms with Crippen molar-refractivity contribution in [3.63, 3.8) is 0 Å². The van der Waals surface area contributed by atoms with Gasteiger partial charge in [0.25, 0.3) is 0 Å². The minimum Gasteiger partial charge on any atom is -0.460 e. The Kier molecular flexibility index (Phi) is 13.4. The Morgan fingerprint density at radius 1 is 1.04 bits per heavy atom. The van der Waals surface area contributed by atoms with Gasteiger partial charge in [0.1, 0.15) is 5.60 Å². The van der Waals surface area contributed by atoms with Crippen LogP contribution in [0.4, 0.5) is 0 Å². The molecule has 0 heterocycles. The fraction of sp³-hybridized carbons (Fsp3) is 0.905. The van der Waals surface area contributed by atoms with E-state index in [1.54, 1.807) is 20.8 Å². The maximum absolute atomic E-state index is 12.6. The van der Waals surface area contributed by atoms with Crippen LogP contribution in [0.2, 0.25) is 0 Å². The van der Waals surface area contributed by atoms with E-state index in [1.165, 1.54) is 32.6 Å². The van der Waals surface area contributed by atoms with Crippen molar-refractivity contribution in [1.82, 2.24) is 5.32 Å². The Balaban J connectivity index is 4.65. The van der Waals surface area contributed by atoms with Crippen molar-refractivity contribution in [1.29, 1.82) is 0 Å². The van der Waals surface area contributed by atoms with Crippen LogP contribution in [0.3, 0.4) is 0 Å². The largest absolute Gasteiger partial charge is 0.460 e. The first kappa shape index (κ1) is 25.9. The van der Waals surface area contributed by atoms with Crippen molar-refractivity contribution in [2.24, 2.45) is 5.92 Å². The lowest BCUT2D eigenvalue weighted by molar-refractivity contribution is -0.157. The van der Waals surface area contributed by atoms with Crippen LogP contribution in [0.25, 0.3) is 0 Å². The number of carbonyl (C=O) groups is 2. The number of ether oxygens (including phenoxy) is 1. The quantitative estimate of drug-likeness (QED) is 0.314. The maximum atomic E-state index is 12.6. The number of rotatable bonds is 14. The molecule has 0 aromatic heterocycles. The minimum atomic E-state index is -0.861. The average Bonchev–Trinajstić information content (AvgIpc) is 2.55. The lowest BCUT2D eigenvalue weighted by Crippen LogP contribution is -2.47. The van der Waals surface area contributed by atoms with Crippen molar-refractivity contribution in [2.75, 3.05) is 6.61 Å². The summed E-state index contributed by atoms with van der Waals surface area (Å²) in [5.41, 5.74) is -0.593. The molecule has 0 saturated heterocycles. The van der Waals surface area contributed by atoms with E-state index in [4.69, 9.17) is 4.74 Å². The summed E-state index contributed by atoms with van der Waals surface area (Å²) in [4.78, 5) is 24.8. The van der Waals surface area contributed by atoms with Crippen molar-refractivity contribution in [2.45, 2.75) is 110 Å². The van der Waals surface area contributed by atoms with Crippen molar-refractivity contribution in [3.05, 3.63) is 0 Å². The Morgan fingerprint density at radius 2 is 1.59 bits per heavy atom. The fourth-order valence-electron chi connectivity index (χ4n) is 2.88. The van der Waals surface area contributed by atoms with Crippen molar-refractivity contribution in [3.8, 4) is 0 Å².